The second kappa shape index (κ2) is 6.53. The number of amides is 1. The Morgan fingerprint density at radius 1 is 1.25 bits per heavy atom. The van der Waals surface area contributed by atoms with Crippen LogP contribution in [0, 0.1) is 13.8 Å². The van der Waals surface area contributed by atoms with E-state index in [9.17, 15) is 9.59 Å². The summed E-state index contributed by atoms with van der Waals surface area (Å²) in [7, 11) is 0. The maximum absolute atomic E-state index is 11.9. The third-order valence-corrected chi connectivity index (χ3v) is 3.43. The lowest BCUT2D eigenvalue weighted by Crippen LogP contribution is -2.32. The summed E-state index contributed by atoms with van der Waals surface area (Å²) in [6.07, 6.45) is 1.43. The minimum absolute atomic E-state index is 0.228. The fourth-order valence-corrected chi connectivity index (χ4v) is 2.34. The van der Waals surface area contributed by atoms with E-state index in [1.807, 2.05) is 19.9 Å². The Bertz CT molecular complexity index is 908. The number of nitrogens with zero attached hydrogens (tertiary/aromatic N) is 4. The van der Waals surface area contributed by atoms with Gasteiger partial charge in [-0.05, 0) is 38.1 Å². The minimum atomic E-state index is -0.331. The number of nitrogens with one attached hydrogen (secondary N) is 1. The van der Waals surface area contributed by atoms with Crippen molar-refractivity contribution in [2.45, 2.75) is 20.4 Å². The summed E-state index contributed by atoms with van der Waals surface area (Å²) in [5.41, 5.74) is 1.56. The van der Waals surface area contributed by atoms with Crippen molar-refractivity contribution in [3.05, 3.63) is 64.1 Å². The zero-order chi connectivity index (χ0) is 17.1. The van der Waals surface area contributed by atoms with E-state index in [2.05, 4.69) is 15.5 Å². The second-order valence-electron chi connectivity index (χ2n) is 5.33. The summed E-state index contributed by atoms with van der Waals surface area (Å²) in [5, 5.41) is 11.3. The molecule has 3 aromatic heterocycles. The zero-order valence-electron chi connectivity index (χ0n) is 13.4. The first kappa shape index (κ1) is 15.7. The number of carbonyl (C=O) groups excluding carboxylic acids is 1. The molecule has 0 aliphatic rings. The van der Waals surface area contributed by atoms with Crippen LogP contribution in [-0.2, 0) is 6.54 Å². The first-order valence-corrected chi connectivity index (χ1v) is 7.48. The Morgan fingerprint density at radius 3 is 2.75 bits per heavy atom. The van der Waals surface area contributed by atoms with Gasteiger partial charge in [-0.3, -0.25) is 9.59 Å². The van der Waals surface area contributed by atoms with Gasteiger partial charge in [0.1, 0.15) is 0 Å². The normalized spacial score (nSPS) is 10.8. The molecule has 0 aliphatic carbocycles. The van der Waals surface area contributed by atoms with E-state index in [4.69, 9.17) is 4.42 Å². The Morgan fingerprint density at radius 2 is 2.08 bits per heavy atom. The monoisotopic (exact) mass is 327 g/mol. The summed E-state index contributed by atoms with van der Waals surface area (Å²) >= 11 is 0. The van der Waals surface area contributed by atoms with Gasteiger partial charge in [0, 0.05) is 18.3 Å². The Kier molecular flexibility index (Phi) is 4.28. The molecule has 0 aliphatic heterocycles. The van der Waals surface area contributed by atoms with Crippen molar-refractivity contribution < 1.29 is 9.21 Å². The highest BCUT2D eigenvalue weighted by Gasteiger charge is 2.09. The summed E-state index contributed by atoms with van der Waals surface area (Å²) < 4.78 is 7.98. The van der Waals surface area contributed by atoms with Gasteiger partial charge in [0.2, 0.25) is 0 Å². The van der Waals surface area contributed by atoms with E-state index in [1.165, 1.54) is 17.0 Å². The number of carbonyl (C=O) groups is 1. The summed E-state index contributed by atoms with van der Waals surface area (Å²) in [6.45, 7) is 4.32. The topological polar surface area (TPSA) is 95.0 Å². The molecule has 8 nitrogen and oxygen atoms in total. The Balaban J connectivity index is 1.72. The Labute approximate surface area is 137 Å². The van der Waals surface area contributed by atoms with Gasteiger partial charge in [0.15, 0.2) is 11.6 Å². The molecule has 0 unspecified atom stereocenters. The number of hydrogen-bond donors (Lipinski definition) is 1. The molecule has 0 atom stereocenters. The largest absolute Gasteiger partial charge is 0.459 e. The predicted molar refractivity (Wildman–Crippen MR) is 86.1 cm³/mol. The molecule has 0 radical (unpaired) electrons. The van der Waals surface area contributed by atoms with Crippen LogP contribution >= 0.6 is 0 Å². The summed E-state index contributed by atoms with van der Waals surface area (Å²) in [6, 6.07) is 8.20. The Hall–Kier alpha value is -3.16. The predicted octanol–water partition coefficient (Wildman–Crippen LogP) is 1.07. The van der Waals surface area contributed by atoms with Crippen molar-refractivity contribution in [3.8, 4) is 5.82 Å². The average molecular weight is 327 g/mol. The molecule has 24 heavy (non-hydrogen) atoms. The molecule has 0 saturated heterocycles. The molecule has 3 heterocycles. The smallest absolute Gasteiger partial charge is 0.287 e. The van der Waals surface area contributed by atoms with Gasteiger partial charge in [-0.2, -0.15) is 5.10 Å². The van der Waals surface area contributed by atoms with Crippen molar-refractivity contribution in [3.63, 3.8) is 0 Å². The van der Waals surface area contributed by atoms with Crippen molar-refractivity contribution >= 4 is 5.91 Å². The number of rotatable bonds is 5. The highest BCUT2D eigenvalue weighted by Crippen LogP contribution is 2.07. The minimum Gasteiger partial charge on any atom is -0.459 e. The van der Waals surface area contributed by atoms with Crippen molar-refractivity contribution in [2.75, 3.05) is 6.54 Å². The van der Waals surface area contributed by atoms with Crippen LogP contribution in [0.15, 0.2) is 45.8 Å². The van der Waals surface area contributed by atoms with Crippen LogP contribution in [0.3, 0.4) is 0 Å². The van der Waals surface area contributed by atoms with Crippen LogP contribution in [0.4, 0.5) is 0 Å². The van der Waals surface area contributed by atoms with E-state index in [0.29, 0.717) is 5.82 Å². The van der Waals surface area contributed by atoms with E-state index >= 15 is 0 Å². The molecule has 8 heteroatoms. The first-order valence-electron chi connectivity index (χ1n) is 7.48. The van der Waals surface area contributed by atoms with Crippen LogP contribution in [0.2, 0.25) is 0 Å². The van der Waals surface area contributed by atoms with Gasteiger partial charge in [0.25, 0.3) is 11.5 Å². The van der Waals surface area contributed by atoms with Crippen LogP contribution in [0.5, 0.6) is 0 Å². The summed E-state index contributed by atoms with van der Waals surface area (Å²) in [4.78, 5) is 23.7. The fourth-order valence-electron chi connectivity index (χ4n) is 2.34. The molecule has 0 fully saturated rings. The third kappa shape index (κ3) is 3.27. The number of aromatic nitrogens is 4. The lowest BCUT2D eigenvalue weighted by atomic mass is 10.4. The first-order chi connectivity index (χ1) is 11.5. The number of aryl methyl sites for hydroxylation is 2. The van der Waals surface area contributed by atoms with Gasteiger partial charge in [0.05, 0.1) is 18.5 Å². The molecule has 124 valence electrons. The lowest BCUT2D eigenvalue weighted by molar-refractivity contribution is 0.0924. The highest BCUT2D eigenvalue weighted by molar-refractivity contribution is 5.91. The molecule has 3 aromatic rings. The van der Waals surface area contributed by atoms with Crippen molar-refractivity contribution in [1.29, 1.82) is 0 Å². The molecule has 3 rings (SSSR count). The van der Waals surface area contributed by atoms with Gasteiger partial charge in [-0.25, -0.2) is 9.36 Å². The average Bonchev–Trinajstić information content (AvgIpc) is 3.19. The fraction of sp³-hybridized carbons (Fsp3) is 0.250. The molecule has 1 amide bonds. The van der Waals surface area contributed by atoms with Gasteiger partial charge in [-0.15, -0.1) is 5.10 Å². The molecule has 0 saturated carbocycles. The van der Waals surface area contributed by atoms with Crippen molar-refractivity contribution in [2.24, 2.45) is 0 Å². The van der Waals surface area contributed by atoms with Gasteiger partial charge >= 0.3 is 0 Å². The zero-order valence-corrected chi connectivity index (χ0v) is 13.4. The standard InChI is InChI=1S/C16H17N5O3/c1-11-10-12(2)21(18-11)14-5-6-15(22)20(19-14)8-7-17-16(23)13-4-3-9-24-13/h3-6,9-10H,7-8H2,1-2H3,(H,17,23). The van der Waals surface area contributed by atoms with Crippen molar-refractivity contribution in [1.82, 2.24) is 24.9 Å². The lowest BCUT2D eigenvalue weighted by Gasteiger charge is -2.08. The third-order valence-electron chi connectivity index (χ3n) is 3.43. The number of furan rings is 1. The molecule has 0 spiro atoms. The van der Waals surface area contributed by atoms with Gasteiger partial charge in [-0.1, -0.05) is 0 Å². The van der Waals surface area contributed by atoms with Crippen LogP contribution in [0.25, 0.3) is 5.82 Å². The van der Waals surface area contributed by atoms with E-state index in [-0.39, 0.29) is 30.3 Å². The molecular formula is C16H17N5O3. The van der Waals surface area contributed by atoms with E-state index in [1.54, 1.807) is 22.9 Å². The SMILES string of the molecule is Cc1cc(C)n(-c2ccc(=O)n(CCNC(=O)c3ccco3)n2)n1. The van der Waals surface area contributed by atoms with Gasteiger partial charge < -0.3 is 9.73 Å². The highest BCUT2D eigenvalue weighted by atomic mass is 16.3. The van der Waals surface area contributed by atoms with Crippen LogP contribution in [-0.4, -0.2) is 32.0 Å². The summed E-state index contributed by atoms with van der Waals surface area (Å²) in [5.74, 6) is 0.451. The quantitative estimate of drug-likeness (QED) is 0.756. The maximum Gasteiger partial charge on any atom is 0.287 e. The molecular weight excluding hydrogens is 310 g/mol. The maximum atomic E-state index is 11.9. The van der Waals surface area contributed by atoms with E-state index in [0.717, 1.165) is 11.4 Å². The number of hydrogen-bond acceptors (Lipinski definition) is 5. The van der Waals surface area contributed by atoms with Crippen LogP contribution < -0.4 is 10.9 Å². The molecule has 0 bridgehead atoms. The molecule has 1 N–H and O–H groups in total. The molecule has 0 aromatic carbocycles. The van der Waals surface area contributed by atoms with Crippen LogP contribution in [0.1, 0.15) is 21.9 Å². The van der Waals surface area contributed by atoms with E-state index < -0.39 is 0 Å². The second-order valence-corrected chi connectivity index (χ2v) is 5.33.